The summed E-state index contributed by atoms with van der Waals surface area (Å²) in [6.45, 7) is 0. The maximum atomic E-state index is 6.03. The molecule has 1 spiro atoms. The molecular formula is C14H19N. The molecule has 2 aliphatic carbocycles. The zero-order valence-electron chi connectivity index (χ0n) is 9.26. The summed E-state index contributed by atoms with van der Waals surface area (Å²) in [4.78, 5) is 0. The van der Waals surface area contributed by atoms with Gasteiger partial charge in [0.15, 0.2) is 0 Å². The molecule has 0 radical (unpaired) electrons. The zero-order chi connectivity index (χ0) is 10.3. The molecule has 0 aromatic heterocycles. The Hall–Kier alpha value is -0.980. The quantitative estimate of drug-likeness (QED) is 0.640. The second-order valence-electron chi connectivity index (χ2n) is 5.37. The second kappa shape index (κ2) is 3.26. The number of hydrogen-bond donors (Lipinski definition) is 1. The van der Waals surface area contributed by atoms with E-state index in [9.17, 15) is 0 Å². The highest BCUT2D eigenvalue weighted by molar-refractivity contribution is 5.52. The molecule has 3 rings (SSSR count). The van der Waals surface area contributed by atoms with Gasteiger partial charge in [0.25, 0.3) is 0 Å². The van der Waals surface area contributed by atoms with Gasteiger partial charge in [0, 0.05) is 5.69 Å². The minimum Gasteiger partial charge on any atom is -0.398 e. The average molecular weight is 201 g/mol. The lowest BCUT2D eigenvalue weighted by atomic mass is 9.70. The first-order valence-corrected chi connectivity index (χ1v) is 6.15. The number of nitrogen functional groups attached to an aromatic ring is 1. The molecule has 2 N–H and O–H groups in total. The summed E-state index contributed by atoms with van der Waals surface area (Å²) >= 11 is 0. The molecular weight excluding hydrogens is 182 g/mol. The van der Waals surface area contributed by atoms with Crippen LogP contribution in [-0.2, 0) is 12.8 Å². The van der Waals surface area contributed by atoms with E-state index < -0.39 is 0 Å². The molecule has 0 amide bonds. The third-order valence-electron chi connectivity index (χ3n) is 4.44. The topological polar surface area (TPSA) is 26.0 Å². The minimum absolute atomic E-state index is 0.654. The highest BCUT2D eigenvalue weighted by atomic mass is 14.6. The number of anilines is 1. The molecule has 0 atom stereocenters. The van der Waals surface area contributed by atoms with Crippen molar-refractivity contribution in [1.29, 1.82) is 0 Å². The van der Waals surface area contributed by atoms with Gasteiger partial charge in [-0.25, -0.2) is 0 Å². The van der Waals surface area contributed by atoms with Crippen LogP contribution in [0.3, 0.4) is 0 Å². The fraction of sp³-hybridized carbons (Fsp3) is 0.571. The Morgan fingerprint density at radius 2 is 1.87 bits per heavy atom. The van der Waals surface area contributed by atoms with E-state index in [0.29, 0.717) is 5.41 Å². The monoisotopic (exact) mass is 201 g/mol. The maximum absolute atomic E-state index is 6.03. The Balaban J connectivity index is 1.96. The first kappa shape index (κ1) is 9.26. The smallest absolute Gasteiger partial charge is 0.0349 e. The summed E-state index contributed by atoms with van der Waals surface area (Å²) in [6.07, 6.45) is 9.64. The first-order valence-electron chi connectivity index (χ1n) is 6.15. The standard InChI is InChI=1S/C14H19N/c15-13-5-3-4-11-10-14(7-1-2-8-14)9-6-12(11)13/h3-5H,1-2,6-10,15H2. The molecule has 15 heavy (non-hydrogen) atoms. The predicted octanol–water partition coefficient (Wildman–Crippen LogP) is 3.32. The molecule has 0 aliphatic heterocycles. The van der Waals surface area contributed by atoms with Gasteiger partial charge in [-0.15, -0.1) is 0 Å². The van der Waals surface area contributed by atoms with Crippen LogP contribution in [0.15, 0.2) is 18.2 Å². The van der Waals surface area contributed by atoms with Crippen molar-refractivity contribution in [3.63, 3.8) is 0 Å². The van der Waals surface area contributed by atoms with Crippen molar-refractivity contribution in [2.24, 2.45) is 5.41 Å². The van der Waals surface area contributed by atoms with Gasteiger partial charge in [-0.2, -0.15) is 0 Å². The number of fused-ring (bicyclic) bond motifs is 1. The molecule has 80 valence electrons. The molecule has 1 fully saturated rings. The van der Waals surface area contributed by atoms with E-state index in [1.54, 1.807) is 0 Å². The third-order valence-corrected chi connectivity index (χ3v) is 4.44. The van der Waals surface area contributed by atoms with Gasteiger partial charge in [-0.1, -0.05) is 25.0 Å². The van der Waals surface area contributed by atoms with Gasteiger partial charge in [0.1, 0.15) is 0 Å². The fourth-order valence-corrected chi connectivity index (χ4v) is 3.56. The van der Waals surface area contributed by atoms with Crippen LogP contribution in [0.4, 0.5) is 5.69 Å². The van der Waals surface area contributed by atoms with Crippen molar-refractivity contribution in [3.05, 3.63) is 29.3 Å². The minimum atomic E-state index is 0.654. The molecule has 1 heteroatoms. The predicted molar refractivity (Wildman–Crippen MR) is 63.8 cm³/mol. The summed E-state index contributed by atoms with van der Waals surface area (Å²) < 4.78 is 0. The first-order chi connectivity index (χ1) is 7.29. The van der Waals surface area contributed by atoms with E-state index in [4.69, 9.17) is 5.73 Å². The normalized spacial score (nSPS) is 22.9. The molecule has 0 heterocycles. The summed E-state index contributed by atoms with van der Waals surface area (Å²) in [5.41, 5.74) is 10.7. The van der Waals surface area contributed by atoms with E-state index in [1.165, 1.54) is 56.1 Å². The largest absolute Gasteiger partial charge is 0.398 e. The van der Waals surface area contributed by atoms with E-state index >= 15 is 0 Å². The number of nitrogens with two attached hydrogens (primary N) is 1. The Labute approximate surface area is 91.7 Å². The van der Waals surface area contributed by atoms with Crippen LogP contribution in [0.1, 0.15) is 43.2 Å². The molecule has 2 aliphatic rings. The van der Waals surface area contributed by atoms with Crippen molar-refractivity contribution in [2.75, 3.05) is 5.73 Å². The molecule has 0 bridgehead atoms. The average Bonchev–Trinajstić information content (AvgIpc) is 2.66. The van der Waals surface area contributed by atoms with E-state index in [2.05, 4.69) is 12.1 Å². The molecule has 0 unspecified atom stereocenters. The van der Waals surface area contributed by atoms with Crippen molar-refractivity contribution >= 4 is 5.69 Å². The number of hydrogen-bond acceptors (Lipinski definition) is 1. The van der Waals surface area contributed by atoms with Gasteiger partial charge in [-0.05, 0) is 54.7 Å². The molecule has 0 saturated heterocycles. The Morgan fingerprint density at radius 1 is 1.07 bits per heavy atom. The van der Waals surface area contributed by atoms with Gasteiger partial charge < -0.3 is 5.73 Å². The van der Waals surface area contributed by atoms with Crippen molar-refractivity contribution in [3.8, 4) is 0 Å². The molecule has 1 nitrogen and oxygen atoms in total. The summed E-state index contributed by atoms with van der Waals surface area (Å²) in [6, 6.07) is 6.44. The molecule has 1 aromatic carbocycles. The summed E-state index contributed by atoms with van der Waals surface area (Å²) in [5, 5.41) is 0. The highest BCUT2D eigenvalue weighted by Gasteiger charge is 2.37. The zero-order valence-corrected chi connectivity index (χ0v) is 9.26. The molecule has 1 saturated carbocycles. The Kier molecular flexibility index (Phi) is 2.01. The lowest BCUT2D eigenvalue weighted by Gasteiger charge is -2.35. The van der Waals surface area contributed by atoms with Crippen LogP contribution in [0.25, 0.3) is 0 Å². The van der Waals surface area contributed by atoms with Gasteiger partial charge in [0.05, 0.1) is 0 Å². The number of benzene rings is 1. The Morgan fingerprint density at radius 3 is 2.67 bits per heavy atom. The van der Waals surface area contributed by atoms with E-state index in [1.807, 2.05) is 6.07 Å². The maximum Gasteiger partial charge on any atom is 0.0349 e. The van der Waals surface area contributed by atoms with Crippen molar-refractivity contribution in [1.82, 2.24) is 0 Å². The van der Waals surface area contributed by atoms with Crippen LogP contribution in [-0.4, -0.2) is 0 Å². The van der Waals surface area contributed by atoms with Crippen LogP contribution in [0.5, 0.6) is 0 Å². The Bertz CT molecular complexity index is 375. The highest BCUT2D eigenvalue weighted by Crippen LogP contribution is 2.48. The van der Waals surface area contributed by atoms with Crippen molar-refractivity contribution < 1.29 is 0 Å². The van der Waals surface area contributed by atoms with Gasteiger partial charge in [0.2, 0.25) is 0 Å². The summed E-state index contributed by atoms with van der Waals surface area (Å²) in [5.74, 6) is 0. The third kappa shape index (κ3) is 1.45. The lowest BCUT2D eigenvalue weighted by Crippen LogP contribution is -2.26. The van der Waals surface area contributed by atoms with Crippen LogP contribution >= 0.6 is 0 Å². The van der Waals surface area contributed by atoms with E-state index in [0.717, 1.165) is 5.69 Å². The fourth-order valence-electron chi connectivity index (χ4n) is 3.56. The summed E-state index contributed by atoms with van der Waals surface area (Å²) in [7, 11) is 0. The van der Waals surface area contributed by atoms with Crippen LogP contribution in [0, 0.1) is 5.41 Å². The van der Waals surface area contributed by atoms with Gasteiger partial charge in [-0.3, -0.25) is 0 Å². The molecule has 1 aromatic rings. The van der Waals surface area contributed by atoms with Crippen LogP contribution in [0.2, 0.25) is 0 Å². The van der Waals surface area contributed by atoms with Crippen molar-refractivity contribution in [2.45, 2.75) is 44.9 Å². The van der Waals surface area contributed by atoms with Crippen LogP contribution < -0.4 is 5.73 Å². The van der Waals surface area contributed by atoms with E-state index in [-0.39, 0.29) is 0 Å². The number of rotatable bonds is 0. The van der Waals surface area contributed by atoms with Gasteiger partial charge >= 0.3 is 0 Å². The lowest BCUT2D eigenvalue weighted by molar-refractivity contribution is 0.255. The second-order valence-corrected chi connectivity index (χ2v) is 5.37. The SMILES string of the molecule is Nc1cccc2c1CCC1(CCCC1)C2.